The number of primary amides is 1. The lowest BCUT2D eigenvalue weighted by Crippen LogP contribution is -2.51. The Morgan fingerprint density at radius 3 is 1.79 bits per heavy atom. The fourth-order valence-electron chi connectivity index (χ4n) is 3.66. The first-order valence-electron chi connectivity index (χ1n) is 11.3. The van der Waals surface area contributed by atoms with Crippen molar-refractivity contribution in [3.8, 4) is 0 Å². The van der Waals surface area contributed by atoms with Gasteiger partial charge in [0.15, 0.2) is 0 Å². The van der Waals surface area contributed by atoms with Gasteiger partial charge in [-0.15, -0.1) is 0 Å². The molecule has 0 aliphatic rings. The van der Waals surface area contributed by atoms with Crippen LogP contribution in [-0.2, 0) is 14.4 Å². The van der Waals surface area contributed by atoms with Crippen molar-refractivity contribution in [3.63, 3.8) is 0 Å². The van der Waals surface area contributed by atoms with E-state index >= 15 is 0 Å². The number of carbonyl (C=O) groups is 3. The third-order valence-corrected chi connectivity index (χ3v) is 5.65. The molecule has 6 N–H and O–H groups in total. The van der Waals surface area contributed by atoms with E-state index in [1.54, 1.807) is 4.90 Å². The van der Waals surface area contributed by atoms with E-state index in [1.165, 1.54) is 4.90 Å². The molecule has 0 saturated heterocycles. The zero-order valence-electron chi connectivity index (χ0n) is 19.6. The van der Waals surface area contributed by atoms with Gasteiger partial charge in [-0.1, -0.05) is 60.7 Å². The summed E-state index contributed by atoms with van der Waals surface area (Å²) in [6.07, 6.45) is 0.863. The van der Waals surface area contributed by atoms with E-state index in [0.29, 0.717) is 6.54 Å². The lowest BCUT2D eigenvalue weighted by atomic mass is 10.1. The molecule has 0 radical (unpaired) electrons. The quantitative estimate of drug-likeness (QED) is 0.389. The van der Waals surface area contributed by atoms with Crippen LogP contribution < -0.4 is 16.8 Å². The van der Waals surface area contributed by atoms with Crippen molar-refractivity contribution in [1.82, 2.24) is 15.1 Å². The van der Waals surface area contributed by atoms with Crippen LogP contribution in [0.15, 0.2) is 60.7 Å². The molecule has 0 spiro atoms. The van der Waals surface area contributed by atoms with Gasteiger partial charge in [-0.05, 0) is 25.0 Å². The molecule has 2 aromatic rings. The summed E-state index contributed by atoms with van der Waals surface area (Å²) >= 11 is 0. The highest BCUT2D eigenvalue weighted by Crippen LogP contribution is 2.23. The summed E-state index contributed by atoms with van der Waals surface area (Å²) in [4.78, 5) is 41.3. The highest BCUT2D eigenvalue weighted by atomic mass is 16.2. The number of hydrogen-bond donors (Lipinski definition) is 3. The minimum Gasteiger partial charge on any atom is -0.368 e. The summed E-state index contributed by atoms with van der Waals surface area (Å²) in [5.74, 6) is -1.12. The summed E-state index contributed by atoms with van der Waals surface area (Å²) in [6.45, 7) is 4.95. The summed E-state index contributed by atoms with van der Waals surface area (Å²) in [7, 11) is 0. The first-order chi connectivity index (χ1) is 15.8. The molecule has 178 valence electrons. The molecule has 0 saturated carbocycles. The number of quaternary nitrogens is 1. The maximum atomic E-state index is 13.4. The molecule has 0 fully saturated rings. The molecule has 0 aliphatic carbocycles. The van der Waals surface area contributed by atoms with Crippen LogP contribution in [0, 0.1) is 0 Å². The van der Waals surface area contributed by atoms with Gasteiger partial charge in [0.05, 0.1) is 31.7 Å². The Kier molecular flexibility index (Phi) is 10.5. The predicted molar refractivity (Wildman–Crippen MR) is 128 cm³/mol. The van der Waals surface area contributed by atoms with Gasteiger partial charge in [-0.3, -0.25) is 14.4 Å². The Labute approximate surface area is 195 Å². The third kappa shape index (κ3) is 8.00. The first kappa shape index (κ1) is 26.0. The number of nitrogens with one attached hydrogen (secondary N) is 1. The second-order valence-electron chi connectivity index (χ2n) is 8.07. The maximum absolute atomic E-state index is 13.4. The topological polar surface area (TPSA) is 123 Å². The molecule has 2 aromatic carbocycles. The molecule has 0 aromatic heterocycles. The van der Waals surface area contributed by atoms with Gasteiger partial charge in [0.25, 0.3) is 0 Å². The normalized spacial score (nSPS) is 12.6. The standard InChI is InChI=1S/C25H35N5O3/c1-19(21-10-5-3-6-11-21)29(17-23(27)31)25(33)18-30(24(32)16-28-15-9-14-26)20(2)22-12-7-4-8-13-22/h3-8,10-13,19-20,28H,9,14-18,26H2,1-2H3,(H2,27,31)/p+1/t19-,20+/m1/s1. The largest absolute Gasteiger partial charge is 0.368 e. The van der Waals surface area contributed by atoms with Crippen LogP contribution in [0.1, 0.15) is 43.5 Å². The van der Waals surface area contributed by atoms with Crippen LogP contribution in [0.2, 0.25) is 0 Å². The van der Waals surface area contributed by atoms with Crippen LogP contribution in [0.4, 0.5) is 0 Å². The molecule has 0 aliphatic heterocycles. The molecule has 0 bridgehead atoms. The van der Waals surface area contributed by atoms with Crippen molar-refractivity contribution < 1.29 is 20.1 Å². The Bertz CT molecular complexity index is 891. The summed E-state index contributed by atoms with van der Waals surface area (Å²) in [5, 5.41) is 3.13. The minimum absolute atomic E-state index is 0.120. The van der Waals surface area contributed by atoms with E-state index in [-0.39, 0.29) is 43.5 Å². The van der Waals surface area contributed by atoms with Crippen LogP contribution in [0.25, 0.3) is 0 Å². The van der Waals surface area contributed by atoms with Gasteiger partial charge in [0.2, 0.25) is 17.7 Å². The van der Waals surface area contributed by atoms with Gasteiger partial charge >= 0.3 is 0 Å². The number of benzene rings is 2. The van der Waals surface area contributed by atoms with E-state index in [2.05, 4.69) is 11.1 Å². The Balaban J connectivity index is 2.25. The Morgan fingerprint density at radius 1 is 0.848 bits per heavy atom. The molecule has 8 nitrogen and oxygen atoms in total. The van der Waals surface area contributed by atoms with Crippen molar-refractivity contribution in [2.75, 3.05) is 32.7 Å². The van der Waals surface area contributed by atoms with E-state index in [0.717, 1.165) is 24.1 Å². The average Bonchev–Trinajstić information content (AvgIpc) is 2.83. The summed E-state index contributed by atoms with van der Waals surface area (Å²) in [5.41, 5.74) is 11.1. The Morgan fingerprint density at radius 2 is 1.33 bits per heavy atom. The number of carbonyl (C=O) groups excluding carboxylic acids is 3. The van der Waals surface area contributed by atoms with Gasteiger partial charge < -0.3 is 26.6 Å². The van der Waals surface area contributed by atoms with Gasteiger partial charge in [-0.2, -0.15) is 0 Å². The van der Waals surface area contributed by atoms with E-state index < -0.39 is 5.91 Å². The average molecular weight is 455 g/mol. The first-order valence-corrected chi connectivity index (χ1v) is 11.3. The maximum Gasteiger partial charge on any atom is 0.243 e. The molecule has 0 heterocycles. The van der Waals surface area contributed by atoms with E-state index in [1.807, 2.05) is 74.5 Å². The fourth-order valence-corrected chi connectivity index (χ4v) is 3.66. The van der Waals surface area contributed by atoms with Crippen LogP contribution >= 0.6 is 0 Å². The summed E-state index contributed by atoms with van der Waals surface area (Å²) < 4.78 is 0. The van der Waals surface area contributed by atoms with Gasteiger partial charge in [0.1, 0.15) is 6.54 Å². The number of hydrogen-bond acceptors (Lipinski definition) is 4. The fraction of sp³-hybridized carbons (Fsp3) is 0.400. The van der Waals surface area contributed by atoms with E-state index in [4.69, 9.17) is 5.73 Å². The minimum atomic E-state index is -0.602. The van der Waals surface area contributed by atoms with E-state index in [9.17, 15) is 14.4 Å². The lowest BCUT2D eigenvalue weighted by molar-refractivity contribution is -0.367. The second kappa shape index (κ2) is 13.3. The number of amides is 3. The molecule has 2 atom stereocenters. The molecule has 33 heavy (non-hydrogen) atoms. The molecule has 8 heteroatoms. The number of nitrogens with two attached hydrogens (primary N) is 1. The highest BCUT2D eigenvalue weighted by Gasteiger charge is 2.29. The van der Waals surface area contributed by atoms with Crippen LogP contribution in [0.3, 0.4) is 0 Å². The number of rotatable bonds is 13. The molecule has 2 rings (SSSR count). The van der Waals surface area contributed by atoms with Gasteiger partial charge in [0, 0.05) is 13.0 Å². The predicted octanol–water partition coefficient (Wildman–Crippen LogP) is 0.873. The van der Waals surface area contributed by atoms with Crippen molar-refractivity contribution in [1.29, 1.82) is 0 Å². The van der Waals surface area contributed by atoms with Crippen molar-refractivity contribution in [2.24, 2.45) is 5.73 Å². The SMILES string of the molecule is C[C@H](c1ccccc1)N(CC(N)=O)C(=O)CN(C(=O)CNCCC[NH3+])[C@@H](C)c1ccccc1. The molecular formula is C25H36N5O3+. The zero-order valence-corrected chi connectivity index (χ0v) is 19.6. The molecule has 3 amide bonds. The summed E-state index contributed by atoms with van der Waals surface area (Å²) in [6, 6.07) is 18.3. The smallest absolute Gasteiger partial charge is 0.243 e. The van der Waals surface area contributed by atoms with Crippen molar-refractivity contribution >= 4 is 17.7 Å². The second-order valence-corrected chi connectivity index (χ2v) is 8.07. The number of nitrogens with zero attached hydrogens (tertiary/aromatic N) is 2. The van der Waals surface area contributed by atoms with Crippen LogP contribution in [0.5, 0.6) is 0 Å². The lowest BCUT2D eigenvalue weighted by Gasteiger charge is -2.34. The third-order valence-electron chi connectivity index (χ3n) is 5.65. The molecular weight excluding hydrogens is 418 g/mol. The van der Waals surface area contributed by atoms with Crippen molar-refractivity contribution in [3.05, 3.63) is 71.8 Å². The zero-order chi connectivity index (χ0) is 24.2. The van der Waals surface area contributed by atoms with Crippen molar-refractivity contribution in [2.45, 2.75) is 32.4 Å². The molecule has 0 unspecified atom stereocenters. The van der Waals surface area contributed by atoms with Crippen LogP contribution in [-0.4, -0.2) is 60.2 Å². The Hall–Kier alpha value is -3.23. The monoisotopic (exact) mass is 454 g/mol. The van der Waals surface area contributed by atoms with Gasteiger partial charge in [-0.25, -0.2) is 0 Å². The highest BCUT2D eigenvalue weighted by molar-refractivity contribution is 5.89.